The van der Waals surface area contributed by atoms with Crippen LogP contribution in [0, 0.1) is 5.92 Å². The highest BCUT2D eigenvalue weighted by molar-refractivity contribution is 5.02. The molecule has 96 valence electrons. The number of nitrogens with zero attached hydrogens (tertiary/aromatic N) is 2. The van der Waals surface area contributed by atoms with Crippen LogP contribution in [0.5, 0.6) is 0 Å². The molecule has 0 spiro atoms. The molecule has 1 aromatic rings. The molecule has 1 saturated heterocycles. The van der Waals surface area contributed by atoms with Crippen LogP contribution in [-0.4, -0.2) is 36.4 Å². The normalized spacial score (nSPS) is 24.7. The zero-order valence-corrected chi connectivity index (χ0v) is 10.8. The van der Waals surface area contributed by atoms with Gasteiger partial charge in [0.05, 0.1) is 19.1 Å². The van der Waals surface area contributed by atoms with E-state index in [1.54, 1.807) is 0 Å². The van der Waals surface area contributed by atoms with Crippen molar-refractivity contribution < 1.29 is 9.26 Å². The van der Waals surface area contributed by atoms with Gasteiger partial charge in [0.1, 0.15) is 0 Å². The van der Waals surface area contributed by atoms with Crippen LogP contribution >= 0.6 is 0 Å². The summed E-state index contributed by atoms with van der Waals surface area (Å²) in [4.78, 5) is 4.46. The first-order chi connectivity index (χ1) is 8.20. The Morgan fingerprint density at radius 1 is 1.41 bits per heavy atom. The molecule has 0 aliphatic carbocycles. The summed E-state index contributed by atoms with van der Waals surface area (Å²) >= 11 is 0. The first-order valence-corrected chi connectivity index (χ1v) is 6.28. The lowest BCUT2D eigenvalue weighted by Gasteiger charge is -2.11. The molecule has 2 rings (SSSR count). The van der Waals surface area contributed by atoms with E-state index in [1.807, 2.05) is 7.05 Å². The second-order valence-electron chi connectivity index (χ2n) is 5.02. The molecule has 2 atom stereocenters. The minimum Gasteiger partial charge on any atom is -0.379 e. The molecule has 1 aromatic heterocycles. The van der Waals surface area contributed by atoms with E-state index in [9.17, 15) is 0 Å². The second kappa shape index (κ2) is 5.60. The average Bonchev–Trinajstić information content (AvgIpc) is 2.94. The summed E-state index contributed by atoms with van der Waals surface area (Å²) < 4.78 is 10.8. The molecule has 0 bridgehead atoms. The van der Waals surface area contributed by atoms with Gasteiger partial charge >= 0.3 is 0 Å². The van der Waals surface area contributed by atoms with E-state index in [0.29, 0.717) is 25.0 Å². The highest BCUT2D eigenvalue weighted by atomic mass is 16.5. The lowest BCUT2D eigenvalue weighted by atomic mass is 10.0. The lowest BCUT2D eigenvalue weighted by molar-refractivity contribution is 0.185. The maximum absolute atomic E-state index is 5.43. The predicted molar refractivity (Wildman–Crippen MR) is 63.9 cm³/mol. The summed E-state index contributed by atoms with van der Waals surface area (Å²) in [5, 5.41) is 7.25. The fourth-order valence-corrected chi connectivity index (χ4v) is 2.02. The second-order valence-corrected chi connectivity index (χ2v) is 5.02. The molecular formula is C12H21N3O2. The lowest BCUT2D eigenvalue weighted by Crippen LogP contribution is -2.31. The number of hydrogen-bond acceptors (Lipinski definition) is 5. The van der Waals surface area contributed by atoms with Gasteiger partial charge in [0.25, 0.3) is 0 Å². The molecule has 1 aliphatic heterocycles. The van der Waals surface area contributed by atoms with Gasteiger partial charge in [-0.2, -0.15) is 4.98 Å². The molecule has 0 amide bonds. The highest BCUT2D eigenvalue weighted by Gasteiger charge is 2.32. The van der Waals surface area contributed by atoms with Crippen LogP contribution < -0.4 is 5.32 Å². The van der Waals surface area contributed by atoms with E-state index >= 15 is 0 Å². The Bertz CT molecular complexity index is 351. The van der Waals surface area contributed by atoms with E-state index in [-0.39, 0.29) is 12.0 Å². The third-order valence-electron chi connectivity index (χ3n) is 3.20. The summed E-state index contributed by atoms with van der Waals surface area (Å²) in [6, 6.07) is 0.286. The van der Waals surface area contributed by atoms with Gasteiger partial charge in [0.15, 0.2) is 5.82 Å². The first-order valence-electron chi connectivity index (χ1n) is 6.28. The van der Waals surface area contributed by atoms with Gasteiger partial charge in [-0.3, -0.25) is 0 Å². The van der Waals surface area contributed by atoms with Gasteiger partial charge in [0, 0.05) is 12.5 Å². The fraction of sp³-hybridized carbons (Fsp3) is 0.833. The van der Waals surface area contributed by atoms with Crippen LogP contribution in [0.15, 0.2) is 4.52 Å². The van der Waals surface area contributed by atoms with Crippen LogP contribution in [0.3, 0.4) is 0 Å². The smallest absolute Gasteiger partial charge is 0.233 e. The number of rotatable bonds is 5. The number of hydrogen-bond donors (Lipinski definition) is 1. The van der Waals surface area contributed by atoms with Crippen molar-refractivity contribution in [3.05, 3.63) is 11.7 Å². The van der Waals surface area contributed by atoms with Crippen molar-refractivity contribution in [3.8, 4) is 0 Å². The van der Waals surface area contributed by atoms with Crippen molar-refractivity contribution in [1.29, 1.82) is 0 Å². The topological polar surface area (TPSA) is 60.2 Å². The Labute approximate surface area is 102 Å². The molecule has 5 heteroatoms. The van der Waals surface area contributed by atoms with Crippen LogP contribution in [0.25, 0.3) is 0 Å². The molecular weight excluding hydrogens is 218 g/mol. The molecule has 0 radical (unpaired) electrons. The van der Waals surface area contributed by atoms with Crippen molar-refractivity contribution in [2.24, 2.45) is 5.92 Å². The molecule has 1 N–H and O–H groups in total. The summed E-state index contributed by atoms with van der Waals surface area (Å²) in [5.74, 6) is 2.38. The number of nitrogens with one attached hydrogen (secondary N) is 1. The molecule has 0 saturated carbocycles. The zero-order chi connectivity index (χ0) is 12.3. The monoisotopic (exact) mass is 239 g/mol. The van der Waals surface area contributed by atoms with Crippen molar-refractivity contribution in [2.75, 3.05) is 20.3 Å². The Morgan fingerprint density at radius 3 is 2.94 bits per heavy atom. The maximum Gasteiger partial charge on any atom is 0.233 e. The summed E-state index contributed by atoms with van der Waals surface area (Å²) in [5.41, 5.74) is 0. The fourth-order valence-electron chi connectivity index (χ4n) is 2.02. The van der Waals surface area contributed by atoms with Gasteiger partial charge in [-0.1, -0.05) is 19.0 Å². The molecule has 5 nitrogen and oxygen atoms in total. The van der Waals surface area contributed by atoms with Gasteiger partial charge in [0.2, 0.25) is 5.89 Å². The average molecular weight is 239 g/mol. The van der Waals surface area contributed by atoms with E-state index in [0.717, 1.165) is 18.7 Å². The third-order valence-corrected chi connectivity index (χ3v) is 3.20. The molecule has 17 heavy (non-hydrogen) atoms. The largest absolute Gasteiger partial charge is 0.379 e. The number of aryl methyl sites for hydroxylation is 1. The Kier molecular flexibility index (Phi) is 4.12. The Morgan fingerprint density at radius 2 is 2.24 bits per heavy atom. The van der Waals surface area contributed by atoms with Crippen molar-refractivity contribution in [1.82, 2.24) is 15.5 Å². The van der Waals surface area contributed by atoms with E-state index in [1.165, 1.54) is 0 Å². The van der Waals surface area contributed by atoms with Crippen molar-refractivity contribution in [2.45, 2.75) is 38.6 Å². The van der Waals surface area contributed by atoms with Crippen molar-refractivity contribution >= 4 is 0 Å². The van der Waals surface area contributed by atoms with Crippen LogP contribution in [-0.2, 0) is 11.2 Å². The zero-order valence-electron chi connectivity index (χ0n) is 10.8. The molecule has 2 unspecified atom stereocenters. The Hall–Kier alpha value is -0.940. The minimum absolute atomic E-state index is 0.195. The standard InChI is InChI=1S/C12H21N3O2/c1-8(2)4-5-11-14-12(17-15-11)9-6-16-7-10(9)13-3/h8-10,13H,4-7H2,1-3H3. The summed E-state index contributed by atoms with van der Waals surface area (Å²) in [6.07, 6.45) is 1.98. The molecule has 0 aromatic carbocycles. The van der Waals surface area contributed by atoms with Gasteiger partial charge < -0.3 is 14.6 Å². The number of aromatic nitrogens is 2. The quantitative estimate of drug-likeness (QED) is 0.840. The summed E-state index contributed by atoms with van der Waals surface area (Å²) in [7, 11) is 1.93. The van der Waals surface area contributed by atoms with E-state index in [2.05, 4.69) is 29.3 Å². The van der Waals surface area contributed by atoms with Crippen LogP contribution in [0.4, 0.5) is 0 Å². The van der Waals surface area contributed by atoms with Gasteiger partial charge in [-0.05, 0) is 19.4 Å². The predicted octanol–water partition coefficient (Wildman–Crippen LogP) is 1.36. The first kappa shape index (κ1) is 12.5. The van der Waals surface area contributed by atoms with Crippen molar-refractivity contribution in [3.63, 3.8) is 0 Å². The van der Waals surface area contributed by atoms with Crippen LogP contribution in [0.1, 0.15) is 37.9 Å². The maximum atomic E-state index is 5.43. The van der Waals surface area contributed by atoms with Crippen LogP contribution in [0.2, 0.25) is 0 Å². The van der Waals surface area contributed by atoms with Gasteiger partial charge in [-0.25, -0.2) is 0 Å². The Balaban J connectivity index is 1.97. The van der Waals surface area contributed by atoms with E-state index in [4.69, 9.17) is 9.26 Å². The van der Waals surface area contributed by atoms with Gasteiger partial charge in [-0.15, -0.1) is 0 Å². The molecule has 1 fully saturated rings. The SMILES string of the molecule is CNC1COCC1c1nc(CCC(C)C)no1. The number of likely N-dealkylation sites (N-methyl/N-ethyl adjacent to an activating group) is 1. The number of ether oxygens (including phenoxy) is 1. The summed E-state index contributed by atoms with van der Waals surface area (Å²) in [6.45, 7) is 5.77. The third kappa shape index (κ3) is 3.04. The minimum atomic E-state index is 0.195. The molecule has 1 aliphatic rings. The highest BCUT2D eigenvalue weighted by Crippen LogP contribution is 2.24. The van der Waals surface area contributed by atoms with E-state index < -0.39 is 0 Å². The molecule has 2 heterocycles.